The molecule has 94 valence electrons. The number of carboxylic acid groups (broad SMARTS) is 1. The van der Waals surface area contributed by atoms with Gasteiger partial charge in [-0.05, 0) is 34.1 Å². The number of methoxy groups -OCH3 is 1. The number of rotatable bonds is 3. The van der Waals surface area contributed by atoms with Crippen LogP contribution in [0.3, 0.4) is 0 Å². The minimum atomic E-state index is -1.11. The molecule has 0 amide bonds. The molecular formula is C11H10BrN3O3. The Kier molecular flexibility index (Phi) is 3.33. The molecule has 0 aliphatic heterocycles. The number of carbonyl (C=O) groups is 1. The van der Waals surface area contributed by atoms with E-state index in [0.717, 1.165) is 4.47 Å². The van der Waals surface area contributed by atoms with Crippen LogP contribution in [0.5, 0.6) is 5.75 Å². The number of hydrogen-bond donors (Lipinski definition) is 1. The molecule has 0 aliphatic rings. The van der Waals surface area contributed by atoms with Crippen molar-refractivity contribution in [1.29, 1.82) is 0 Å². The number of nitrogens with zero attached hydrogens (tertiary/aromatic N) is 3. The fraction of sp³-hybridized carbons (Fsp3) is 0.182. The van der Waals surface area contributed by atoms with Gasteiger partial charge in [0.25, 0.3) is 0 Å². The van der Waals surface area contributed by atoms with Crippen LogP contribution < -0.4 is 4.74 Å². The highest BCUT2D eigenvalue weighted by atomic mass is 79.9. The van der Waals surface area contributed by atoms with Gasteiger partial charge in [0.15, 0.2) is 5.69 Å². The van der Waals surface area contributed by atoms with Gasteiger partial charge in [0.1, 0.15) is 11.4 Å². The molecule has 0 spiro atoms. The molecule has 1 N–H and O–H groups in total. The number of aromatic carboxylic acids is 1. The molecule has 0 atom stereocenters. The Morgan fingerprint density at radius 2 is 2.17 bits per heavy atom. The second-order valence-corrected chi connectivity index (χ2v) is 4.40. The third-order valence-corrected chi connectivity index (χ3v) is 2.96. The minimum Gasteiger partial charge on any atom is -0.496 e. The lowest BCUT2D eigenvalue weighted by Crippen LogP contribution is -2.00. The van der Waals surface area contributed by atoms with Gasteiger partial charge in [-0.1, -0.05) is 0 Å². The first-order valence-corrected chi connectivity index (χ1v) is 5.80. The molecule has 2 aromatic rings. The smallest absolute Gasteiger partial charge is 0.358 e. The highest BCUT2D eigenvalue weighted by Crippen LogP contribution is 2.30. The zero-order valence-electron chi connectivity index (χ0n) is 9.72. The second-order valence-electron chi connectivity index (χ2n) is 3.54. The van der Waals surface area contributed by atoms with E-state index in [0.29, 0.717) is 17.0 Å². The Hall–Kier alpha value is -1.89. The Morgan fingerprint density at radius 3 is 2.72 bits per heavy atom. The predicted octanol–water partition coefficient (Wildman–Crippen LogP) is 1.95. The SMILES string of the molecule is COc1ccc(-c2nn(C)nc2C(=O)O)cc1Br. The monoisotopic (exact) mass is 311 g/mol. The normalized spacial score (nSPS) is 10.4. The maximum atomic E-state index is 11.1. The molecule has 0 bridgehead atoms. The summed E-state index contributed by atoms with van der Waals surface area (Å²) in [6.45, 7) is 0. The van der Waals surface area contributed by atoms with Crippen LogP contribution in [0.4, 0.5) is 0 Å². The van der Waals surface area contributed by atoms with Crippen molar-refractivity contribution in [2.75, 3.05) is 7.11 Å². The summed E-state index contributed by atoms with van der Waals surface area (Å²) in [5, 5.41) is 16.9. The maximum absolute atomic E-state index is 11.1. The largest absolute Gasteiger partial charge is 0.496 e. The number of carboxylic acids is 1. The second kappa shape index (κ2) is 4.77. The van der Waals surface area contributed by atoms with Crippen LogP contribution in [0, 0.1) is 0 Å². The van der Waals surface area contributed by atoms with Gasteiger partial charge in [0.05, 0.1) is 11.6 Å². The number of aromatic nitrogens is 3. The van der Waals surface area contributed by atoms with Gasteiger partial charge in [-0.2, -0.15) is 9.90 Å². The van der Waals surface area contributed by atoms with Crippen LogP contribution in [0.2, 0.25) is 0 Å². The first kappa shape index (κ1) is 12.6. The van der Waals surface area contributed by atoms with Gasteiger partial charge in [-0.3, -0.25) is 0 Å². The molecule has 0 saturated carbocycles. The van der Waals surface area contributed by atoms with E-state index >= 15 is 0 Å². The summed E-state index contributed by atoms with van der Waals surface area (Å²) < 4.78 is 5.84. The average Bonchev–Trinajstić information content (AvgIpc) is 2.71. The fourth-order valence-corrected chi connectivity index (χ4v) is 2.10. The van der Waals surface area contributed by atoms with Crippen molar-refractivity contribution < 1.29 is 14.6 Å². The van der Waals surface area contributed by atoms with Gasteiger partial charge in [-0.15, -0.1) is 5.10 Å². The predicted molar refractivity (Wildman–Crippen MR) is 67.7 cm³/mol. The van der Waals surface area contributed by atoms with Crippen LogP contribution in [0.25, 0.3) is 11.3 Å². The summed E-state index contributed by atoms with van der Waals surface area (Å²) in [6, 6.07) is 5.22. The van der Waals surface area contributed by atoms with Crippen molar-refractivity contribution in [1.82, 2.24) is 15.0 Å². The van der Waals surface area contributed by atoms with Gasteiger partial charge < -0.3 is 9.84 Å². The van der Waals surface area contributed by atoms with Crippen LogP contribution >= 0.6 is 15.9 Å². The summed E-state index contributed by atoms with van der Waals surface area (Å²) in [6.07, 6.45) is 0. The number of ether oxygens (including phenoxy) is 1. The van der Waals surface area contributed by atoms with Crippen LogP contribution in [0.1, 0.15) is 10.5 Å². The van der Waals surface area contributed by atoms with Crippen LogP contribution in [-0.4, -0.2) is 33.2 Å². The molecule has 18 heavy (non-hydrogen) atoms. The first-order chi connectivity index (χ1) is 8.52. The van der Waals surface area contributed by atoms with E-state index in [4.69, 9.17) is 9.84 Å². The van der Waals surface area contributed by atoms with E-state index in [1.807, 2.05) is 0 Å². The molecule has 0 fully saturated rings. The van der Waals surface area contributed by atoms with Gasteiger partial charge >= 0.3 is 5.97 Å². The Bertz CT molecular complexity index is 610. The molecule has 0 radical (unpaired) electrons. The summed E-state index contributed by atoms with van der Waals surface area (Å²) in [7, 11) is 3.14. The van der Waals surface area contributed by atoms with E-state index in [9.17, 15) is 4.79 Å². The lowest BCUT2D eigenvalue weighted by Gasteiger charge is -2.04. The molecule has 1 aromatic carbocycles. The molecule has 2 rings (SSSR count). The summed E-state index contributed by atoms with van der Waals surface area (Å²) >= 11 is 3.35. The van der Waals surface area contributed by atoms with Crippen LogP contribution in [-0.2, 0) is 7.05 Å². The third kappa shape index (κ3) is 2.21. The Morgan fingerprint density at radius 1 is 1.44 bits per heavy atom. The lowest BCUT2D eigenvalue weighted by molar-refractivity contribution is 0.0690. The zero-order chi connectivity index (χ0) is 13.3. The summed E-state index contributed by atoms with van der Waals surface area (Å²) in [4.78, 5) is 12.3. The molecule has 0 saturated heterocycles. The molecular weight excluding hydrogens is 302 g/mol. The number of halogens is 1. The minimum absolute atomic E-state index is 0.0745. The van der Waals surface area contributed by atoms with Crippen molar-refractivity contribution in [2.24, 2.45) is 7.05 Å². The lowest BCUT2D eigenvalue weighted by atomic mass is 10.1. The highest BCUT2D eigenvalue weighted by molar-refractivity contribution is 9.10. The summed E-state index contributed by atoms with van der Waals surface area (Å²) in [5.41, 5.74) is 0.913. The fourth-order valence-electron chi connectivity index (χ4n) is 1.56. The van der Waals surface area contributed by atoms with Gasteiger partial charge in [0.2, 0.25) is 0 Å². The van der Waals surface area contributed by atoms with Crippen LogP contribution in [0.15, 0.2) is 22.7 Å². The van der Waals surface area contributed by atoms with Crippen molar-refractivity contribution in [2.45, 2.75) is 0 Å². The first-order valence-electron chi connectivity index (χ1n) is 5.01. The zero-order valence-corrected chi connectivity index (χ0v) is 11.3. The quantitative estimate of drug-likeness (QED) is 0.937. The maximum Gasteiger partial charge on any atom is 0.358 e. The third-order valence-electron chi connectivity index (χ3n) is 2.34. The van der Waals surface area contributed by atoms with Crippen molar-refractivity contribution >= 4 is 21.9 Å². The van der Waals surface area contributed by atoms with E-state index < -0.39 is 5.97 Å². The molecule has 1 aromatic heterocycles. The number of aryl methyl sites for hydroxylation is 1. The number of hydrogen-bond acceptors (Lipinski definition) is 4. The van der Waals surface area contributed by atoms with Gasteiger partial charge in [-0.25, -0.2) is 4.79 Å². The van der Waals surface area contributed by atoms with E-state index in [-0.39, 0.29) is 5.69 Å². The number of benzene rings is 1. The Labute approximate surface area is 111 Å². The van der Waals surface area contributed by atoms with Crippen molar-refractivity contribution in [3.63, 3.8) is 0 Å². The van der Waals surface area contributed by atoms with E-state index in [2.05, 4.69) is 26.1 Å². The van der Waals surface area contributed by atoms with E-state index in [1.165, 1.54) is 4.80 Å². The topological polar surface area (TPSA) is 77.2 Å². The standard InChI is InChI=1S/C11H10BrN3O3/c1-15-13-9(10(14-15)11(16)17)6-3-4-8(18-2)7(12)5-6/h3-5H,1-2H3,(H,16,17). The van der Waals surface area contributed by atoms with Crippen molar-refractivity contribution in [3.05, 3.63) is 28.4 Å². The molecule has 0 aliphatic carbocycles. The van der Waals surface area contributed by atoms with E-state index in [1.54, 1.807) is 32.4 Å². The molecule has 7 heteroatoms. The molecule has 0 unspecified atom stereocenters. The average molecular weight is 312 g/mol. The molecule has 6 nitrogen and oxygen atoms in total. The summed E-state index contributed by atoms with van der Waals surface area (Å²) in [5.74, 6) is -0.440. The Balaban J connectivity index is 2.55. The molecule has 1 heterocycles. The van der Waals surface area contributed by atoms with Crippen molar-refractivity contribution in [3.8, 4) is 17.0 Å². The highest BCUT2D eigenvalue weighted by Gasteiger charge is 2.19. The van der Waals surface area contributed by atoms with Gasteiger partial charge in [0, 0.05) is 12.6 Å².